The zero-order valence-electron chi connectivity index (χ0n) is 18.6. The van der Waals surface area contributed by atoms with Gasteiger partial charge in [0, 0.05) is 19.4 Å². The van der Waals surface area contributed by atoms with Crippen LogP contribution in [0.3, 0.4) is 0 Å². The van der Waals surface area contributed by atoms with Gasteiger partial charge < -0.3 is 18.8 Å². The van der Waals surface area contributed by atoms with Gasteiger partial charge in [-0.2, -0.15) is 0 Å². The average molecular weight is 471 g/mol. The van der Waals surface area contributed by atoms with Gasteiger partial charge >= 0.3 is 5.97 Å². The van der Waals surface area contributed by atoms with Crippen molar-refractivity contribution in [3.63, 3.8) is 0 Å². The summed E-state index contributed by atoms with van der Waals surface area (Å²) >= 11 is 6.30. The Balaban J connectivity index is 1.42. The van der Waals surface area contributed by atoms with Gasteiger partial charge in [-0.25, -0.2) is 4.98 Å². The van der Waals surface area contributed by atoms with Gasteiger partial charge in [0.1, 0.15) is 12.3 Å². The SMILES string of the molecule is CCCCn1c(=O)c(CCC(=O)OCc2cc(Cl)c3c(c2)OCCCO3)nc2ccccc21. The number of hydrogen-bond donors (Lipinski definition) is 0. The Bertz CT molecular complexity index is 1210. The van der Waals surface area contributed by atoms with Crippen molar-refractivity contribution < 1.29 is 19.0 Å². The van der Waals surface area contributed by atoms with E-state index in [0.717, 1.165) is 30.3 Å². The molecule has 0 fully saturated rings. The van der Waals surface area contributed by atoms with Crippen molar-refractivity contribution in [3.8, 4) is 11.5 Å². The molecule has 8 heteroatoms. The topological polar surface area (TPSA) is 79.7 Å². The summed E-state index contributed by atoms with van der Waals surface area (Å²) in [5.74, 6) is 0.665. The van der Waals surface area contributed by atoms with Crippen molar-refractivity contribution in [2.24, 2.45) is 0 Å². The minimum atomic E-state index is -0.410. The van der Waals surface area contributed by atoms with Gasteiger partial charge in [0.15, 0.2) is 11.5 Å². The van der Waals surface area contributed by atoms with E-state index in [1.54, 1.807) is 16.7 Å². The van der Waals surface area contributed by atoms with Crippen LogP contribution in [-0.2, 0) is 29.1 Å². The fraction of sp³-hybridized carbons (Fsp3) is 0.400. The minimum absolute atomic E-state index is 0.0566. The van der Waals surface area contributed by atoms with Crippen LogP contribution in [0.1, 0.15) is 43.9 Å². The van der Waals surface area contributed by atoms with Gasteiger partial charge in [0.05, 0.1) is 35.7 Å². The molecule has 3 aromatic rings. The highest BCUT2D eigenvalue weighted by Gasteiger charge is 2.17. The molecule has 0 N–H and O–H groups in total. The summed E-state index contributed by atoms with van der Waals surface area (Å²) < 4.78 is 18.5. The monoisotopic (exact) mass is 470 g/mol. The number of halogens is 1. The molecule has 1 aliphatic heterocycles. The number of benzene rings is 2. The highest BCUT2D eigenvalue weighted by atomic mass is 35.5. The Labute approximate surface area is 197 Å². The van der Waals surface area contributed by atoms with Crippen molar-refractivity contribution >= 4 is 28.6 Å². The molecular weight excluding hydrogens is 444 g/mol. The van der Waals surface area contributed by atoms with Gasteiger partial charge in [-0.3, -0.25) is 9.59 Å². The molecule has 2 heterocycles. The third-order valence-corrected chi connectivity index (χ3v) is 5.76. The highest BCUT2D eigenvalue weighted by Crippen LogP contribution is 2.38. The molecule has 33 heavy (non-hydrogen) atoms. The summed E-state index contributed by atoms with van der Waals surface area (Å²) in [5, 5.41) is 0.424. The lowest BCUT2D eigenvalue weighted by atomic mass is 10.2. The number of aryl methyl sites for hydroxylation is 2. The first-order valence-corrected chi connectivity index (χ1v) is 11.7. The van der Waals surface area contributed by atoms with Crippen LogP contribution in [0.4, 0.5) is 0 Å². The van der Waals surface area contributed by atoms with E-state index < -0.39 is 5.97 Å². The minimum Gasteiger partial charge on any atom is -0.489 e. The maximum atomic E-state index is 13.0. The zero-order chi connectivity index (χ0) is 23.2. The molecule has 2 aromatic carbocycles. The van der Waals surface area contributed by atoms with Crippen molar-refractivity contribution in [2.75, 3.05) is 13.2 Å². The maximum Gasteiger partial charge on any atom is 0.306 e. The predicted molar refractivity (Wildman–Crippen MR) is 126 cm³/mol. The number of nitrogens with zero attached hydrogens (tertiary/aromatic N) is 2. The number of carbonyl (C=O) groups excluding carboxylic acids is 1. The van der Waals surface area contributed by atoms with E-state index in [0.29, 0.717) is 47.5 Å². The van der Waals surface area contributed by atoms with E-state index in [4.69, 9.17) is 25.8 Å². The molecule has 0 aliphatic carbocycles. The molecule has 0 atom stereocenters. The third kappa shape index (κ3) is 5.47. The first-order chi connectivity index (χ1) is 16.1. The standard InChI is InChI=1S/C25H27ClN2O5/c1-2-3-11-28-21-8-5-4-7-19(21)27-20(25(28)30)9-10-23(29)33-16-17-14-18(26)24-22(15-17)31-12-6-13-32-24/h4-5,7-8,14-15H,2-3,6,9-13,16H2,1H3. The molecule has 0 radical (unpaired) electrons. The number of esters is 1. The van der Waals surface area contributed by atoms with Crippen molar-refractivity contribution in [2.45, 2.75) is 52.2 Å². The van der Waals surface area contributed by atoms with Crippen LogP contribution in [0.5, 0.6) is 11.5 Å². The molecule has 0 saturated heterocycles. The van der Waals surface area contributed by atoms with Gasteiger partial charge in [-0.1, -0.05) is 37.1 Å². The van der Waals surface area contributed by atoms with E-state index in [2.05, 4.69) is 11.9 Å². The summed E-state index contributed by atoms with van der Waals surface area (Å²) in [6.07, 6.45) is 2.93. The molecule has 0 unspecified atom stereocenters. The van der Waals surface area contributed by atoms with Gasteiger partial charge in [0.2, 0.25) is 0 Å². The number of rotatable bonds is 8. The number of hydrogen-bond acceptors (Lipinski definition) is 6. The van der Waals surface area contributed by atoms with Crippen LogP contribution in [-0.4, -0.2) is 28.7 Å². The molecular formula is C25H27ClN2O5. The molecule has 1 aromatic heterocycles. The fourth-order valence-corrected chi connectivity index (χ4v) is 4.06. The van der Waals surface area contributed by atoms with E-state index in [1.807, 2.05) is 24.3 Å². The molecule has 0 saturated carbocycles. The van der Waals surface area contributed by atoms with Crippen molar-refractivity contribution in [3.05, 3.63) is 63.0 Å². The number of para-hydroxylation sites is 2. The Morgan fingerprint density at radius 1 is 1.21 bits per heavy atom. The Morgan fingerprint density at radius 3 is 2.88 bits per heavy atom. The largest absolute Gasteiger partial charge is 0.489 e. The average Bonchev–Trinajstić information content (AvgIpc) is 3.07. The molecule has 0 bridgehead atoms. The summed E-state index contributed by atoms with van der Waals surface area (Å²) in [6.45, 7) is 3.86. The number of fused-ring (bicyclic) bond motifs is 2. The van der Waals surface area contributed by atoms with Crippen LogP contribution >= 0.6 is 11.6 Å². The smallest absolute Gasteiger partial charge is 0.306 e. The van der Waals surface area contributed by atoms with Gasteiger partial charge in [0.25, 0.3) is 5.56 Å². The molecule has 7 nitrogen and oxygen atoms in total. The Hall–Kier alpha value is -3.06. The van der Waals surface area contributed by atoms with Crippen molar-refractivity contribution in [1.29, 1.82) is 0 Å². The second-order valence-electron chi connectivity index (χ2n) is 7.97. The molecule has 1 aliphatic rings. The summed E-state index contributed by atoms with van der Waals surface area (Å²) in [6, 6.07) is 11.1. The lowest BCUT2D eigenvalue weighted by molar-refractivity contribution is -0.144. The van der Waals surface area contributed by atoms with Crippen LogP contribution in [0.25, 0.3) is 11.0 Å². The normalized spacial score (nSPS) is 13.0. The van der Waals surface area contributed by atoms with E-state index >= 15 is 0 Å². The van der Waals surface area contributed by atoms with Gasteiger partial charge in [-0.15, -0.1) is 0 Å². The van der Waals surface area contributed by atoms with E-state index in [-0.39, 0.29) is 25.0 Å². The quantitative estimate of drug-likeness (QED) is 0.444. The number of aromatic nitrogens is 2. The lowest BCUT2D eigenvalue weighted by Gasteiger charge is -2.13. The van der Waals surface area contributed by atoms with E-state index in [1.165, 1.54) is 0 Å². The molecule has 0 amide bonds. The second kappa shape index (κ2) is 10.7. The summed E-state index contributed by atoms with van der Waals surface area (Å²) in [4.78, 5) is 29.9. The Kier molecular flexibility index (Phi) is 7.50. The predicted octanol–water partition coefficient (Wildman–Crippen LogP) is 4.69. The fourth-order valence-electron chi connectivity index (χ4n) is 3.77. The van der Waals surface area contributed by atoms with Crippen molar-refractivity contribution in [1.82, 2.24) is 9.55 Å². The molecule has 0 spiro atoms. The van der Waals surface area contributed by atoms with Crippen LogP contribution < -0.4 is 15.0 Å². The summed E-state index contributed by atoms with van der Waals surface area (Å²) in [7, 11) is 0. The maximum absolute atomic E-state index is 13.0. The lowest BCUT2D eigenvalue weighted by Crippen LogP contribution is -2.26. The highest BCUT2D eigenvalue weighted by molar-refractivity contribution is 6.32. The first-order valence-electron chi connectivity index (χ1n) is 11.3. The van der Waals surface area contributed by atoms with Crippen LogP contribution in [0.2, 0.25) is 5.02 Å². The Morgan fingerprint density at radius 2 is 2.03 bits per heavy atom. The first kappa shape index (κ1) is 23.1. The van der Waals surface area contributed by atoms with E-state index in [9.17, 15) is 9.59 Å². The zero-order valence-corrected chi connectivity index (χ0v) is 19.4. The molecule has 174 valence electrons. The van der Waals surface area contributed by atoms with Crippen LogP contribution in [0.15, 0.2) is 41.2 Å². The number of ether oxygens (including phenoxy) is 3. The third-order valence-electron chi connectivity index (χ3n) is 5.48. The van der Waals surface area contributed by atoms with Gasteiger partial charge in [-0.05, 0) is 36.2 Å². The number of unbranched alkanes of at least 4 members (excludes halogenated alkanes) is 1. The van der Waals surface area contributed by atoms with Crippen LogP contribution in [0, 0.1) is 0 Å². The summed E-state index contributed by atoms with van der Waals surface area (Å²) in [5.41, 5.74) is 2.50. The molecule has 4 rings (SSSR count). The number of carbonyl (C=O) groups is 1. The second-order valence-corrected chi connectivity index (χ2v) is 8.38.